The van der Waals surface area contributed by atoms with Gasteiger partial charge >= 0.3 is 5.97 Å². The molecule has 6 heteroatoms. The lowest BCUT2D eigenvalue weighted by atomic mass is 10.2. The molecule has 0 saturated carbocycles. The van der Waals surface area contributed by atoms with Gasteiger partial charge < -0.3 is 10.0 Å². The Morgan fingerprint density at radius 3 is 2.94 bits per heavy atom. The summed E-state index contributed by atoms with van der Waals surface area (Å²) in [6, 6.07) is 2.05. The van der Waals surface area contributed by atoms with Gasteiger partial charge in [0.25, 0.3) is 0 Å². The largest absolute Gasteiger partial charge is 0.477 e. The van der Waals surface area contributed by atoms with Crippen LogP contribution in [0.25, 0.3) is 0 Å². The van der Waals surface area contributed by atoms with Crippen molar-refractivity contribution < 1.29 is 9.90 Å². The van der Waals surface area contributed by atoms with Crippen molar-refractivity contribution in [3.63, 3.8) is 0 Å². The molecule has 5 nitrogen and oxygen atoms in total. The molecule has 2 aromatic heterocycles. The lowest BCUT2D eigenvalue weighted by Gasteiger charge is -2.19. The number of aryl methyl sites for hydroxylation is 1. The second kappa shape index (κ2) is 5.14. The summed E-state index contributed by atoms with van der Waals surface area (Å²) in [6.45, 7) is 2.68. The van der Waals surface area contributed by atoms with Crippen LogP contribution in [0.2, 0.25) is 0 Å². The number of carboxylic acid groups (broad SMARTS) is 1. The van der Waals surface area contributed by atoms with Crippen LogP contribution in [-0.2, 0) is 6.54 Å². The Morgan fingerprint density at radius 1 is 1.56 bits per heavy atom. The number of carboxylic acids is 1. The van der Waals surface area contributed by atoms with E-state index in [4.69, 9.17) is 5.11 Å². The SMILES string of the molecule is Cc1ccsc1CN(C)c1ncncc1C(=O)O. The molecular weight excluding hydrogens is 250 g/mol. The number of nitrogens with zero attached hydrogens (tertiary/aromatic N) is 3. The fraction of sp³-hybridized carbons (Fsp3) is 0.250. The molecule has 2 heterocycles. The van der Waals surface area contributed by atoms with Crippen molar-refractivity contribution in [3.05, 3.63) is 40.0 Å². The first kappa shape index (κ1) is 12.5. The molecular formula is C12H13N3O2S. The van der Waals surface area contributed by atoms with Crippen molar-refractivity contribution in [2.45, 2.75) is 13.5 Å². The minimum absolute atomic E-state index is 0.120. The Kier molecular flexibility index (Phi) is 3.57. The number of thiophene rings is 1. The highest BCUT2D eigenvalue weighted by Crippen LogP contribution is 2.21. The third-order valence-corrected chi connectivity index (χ3v) is 3.64. The number of hydrogen-bond acceptors (Lipinski definition) is 5. The maximum Gasteiger partial charge on any atom is 0.341 e. The Bertz CT molecular complexity index is 568. The van der Waals surface area contributed by atoms with Crippen LogP contribution >= 0.6 is 11.3 Å². The number of carbonyl (C=O) groups is 1. The lowest BCUT2D eigenvalue weighted by Crippen LogP contribution is -2.20. The summed E-state index contributed by atoms with van der Waals surface area (Å²) >= 11 is 1.65. The summed E-state index contributed by atoms with van der Waals surface area (Å²) in [5.41, 5.74) is 1.33. The molecule has 2 aromatic rings. The molecule has 0 amide bonds. The molecule has 18 heavy (non-hydrogen) atoms. The predicted molar refractivity (Wildman–Crippen MR) is 70.2 cm³/mol. The molecule has 0 spiro atoms. The molecule has 1 N–H and O–H groups in total. The van der Waals surface area contributed by atoms with Gasteiger partial charge in [-0.15, -0.1) is 11.3 Å². The normalized spacial score (nSPS) is 10.3. The Balaban J connectivity index is 2.26. The molecule has 0 aliphatic heterocycles. The molecule has 0 saturated heterocycles. The third-order valence-electron chi connectivity index (χ3n) is 2.63. The molecule has 0 unspecified atom stereocenters. The molecule has 0 aliphatic rings. The van der Waals surface area contributed by atoms with Crippen LogP contribution in [0.3, 0.4) is 0 Å². The van der Waals surface area contributed by atoms with E-state index in [2.05, 4.69) is 9.97 Å². The molecule has 0 aliphatic carbocycles. The van der Waals surface area contributed by atoms with E-state index >= 15 is 0 Å². The molecule has 0 atom stereocenters. The standard InChI is InChI=1S/C12H13N3O2S/c1-8-3-4-18-10(8)6-15(2)11-9(12(16)17)5-13-7-14-11/h3-5,7H,6H2,1-2H3,(H,16,17). The number of rotatable bonds is 4. The highest BCUT2D eigenvalue weighted by molar-refractivity contribution is 7.10. The maximum absolute atomic E-state index is 11.1. The predicted octanol–water partition coefficient (Wildman–Crippen LogP) is 2.18. The quantitative estimate of drug-likeness (QED) is 0.915. The van der Waals surface area contributed by atoms with Gasteiger partial charge in [-0.2, -0.15) is 0 Å². The van der Waals surface area contributed by atoms with E-state index in [1.807, 2.05) is 30.3 Å². The van der Waals surface area contributed by atoms with Crippen LogP contribution in [0.5, 0.6) is 0 Å². The zero-order valence-corrected chi connectivity index (χ0v) is 10.9. The van der Waals surface area contributed by atoms with Crippen LogP contribution in [0, 0.1) is 6.92 Å². The van der Waals surface area contributed by atoms with Crippen molar-refractivity contribution in [1.29, 1.82) is 0 Å². The van der Waals surface area contributed by atoms with Gasteiger partial charge in [0.05, 0.1) is 6.54 Å². The van der Waals surface area contributed by atoms with Crippen LogP contribution in [0.4, 0.5) is 5.82 Å². The minimum atomic E-state index is -1.01. The fourth-order valence-corrected chi connectivity index (χ4v) is 2.59. The van der Waals surface area contributed by atoms with Gasteiger partial charge in [-0.1, -0.05) is 0 Å². The lowest BCUT2D eigenvalue weighted by molar-refractivity contribution is 0.0696. The number of aromatic carboxylic acids is 1. The van der Waals surface area contributed by atoms with Gasteiger partial charge in [0, 0.05) is 18.1 Å². The van der Waals surface area contributed by atoms with E-state index in [0.29, 0.717) is 12.4 Å². The van der Waals surface area contributed by atoms with E-state index in [9.17, 15) is 4.79 Å². The van der Waals surface area contributed by atoms with E-state index < -0.39 is 5.97 Å². The second-order valence-corrected chi connectivity index (χ2v) is 4.95. The fourth-order valence-electron chi connectivity index (χ4n) is 1.63. The van der Waals surface area contributed by atoms with E-state index in [0.717, 1.165) is 0 Å². The summed E-state index contributed by atoms with van der Waals surface area (Å²) in [6.07, 6.45) is 2.68. The van der Waals surface area contributed by atoms with E-state index in [1.165, 1.54) is 23.0 Å². The van der Waals surface area contributed by atoms with Gasteiger partial charge in [-0.3, -0.25) is 0 Å². The van der Waals surface area contributed by atoms with Crippen molar-refractivity contribution in [2.75, 3.05) is 11.9 Å². The third kappa shape index (κ3) is 2.48. The van der Waals surface area contributed by atoms with E-state index in [-0.39, 0.29) is 5.56 Å². The summed E-state index contributed by atoms with van der Waals surface area (Å²) in [7, 11) is 1.83. The number of anilines is 1. The van der Waals surface area contributed by atoms with Gasteiger partial charge in [0.2, 0.25) is 0 Å². The van der Waals surface area contributed by atoms with Crippen LogP contribution in [0.15, 0.2) is 24.0 Å². The molecule has 0 aromatic carbocycles. The summed E-state index contributed by atoms with van der Waals surface area (Å²) in [4.78, 5) is 21.9. The van der Waals surface area contributed by atoms with Crippen molar-refractivity contribution in [2.24, 2.45) is 0 Å². The first-order chi connectivity index (χ1) is 8.59. The zero-order valence-electron chi connectivity index (χ0n) is 10.1. The van der Waals surface area contributed by atoms with Gasteiger partial charge in [-0.25, -0.2) is 14.8 Å². The monoisotopic (exact) mass is 263 g/mol. The molecule has 2 rings (SSSR count). The Labute approximate surface area is 109 Å². The van der Waals surface area contributed by atoms with Gasteiger partial charge in [0.1, 0.15) is 17.7 Å². The van der Waals surface area contributed by atoms with Gasteiger partial charge in [0.15, 0.2) is 0 Å². The Hall–Kier alpha value is -1.95. The first-order valence-electron chi connectivity index (χ1n) is 5.37. The van der Waals surface area contributed by atoms with Crippen molar-refractivity contribution in [1.82, 2.24) is 9.97 Å². The summed E-state index contributed by atoms with van der Waals surface area (Å²) in [5.74, 6) is -0.578. The number of aromatic nitrogens is 2. The molecule has 94 valence electrons. The average molecular weight is 263 g/mol. The molecule has 0 bridgehead atoms. The van der Waals surface area contributed by atoms with Gasteiger partial charge in [-0.05, 0) is 23.9 Å². The van der Waals surface area contributed by atoms with Crippen LogP contribution in [-0.4, -0.2) is 28.1 Å². The maximum atomic E-state index is 11.1. The van der Waals surface area contributed by atoms with E-state index in [1.54, 1.807) is 11.3 Å². The zero-order chi connectivity index (χ0) is 13.1. The van der Waals surface area contributed by atoms with Crippen LogP contribution in [0.1, 0.15) is 20.8 Å². The van der Waals surface area contributed by atoms with Crippen molar-refractivity contribution >= 4 is 23.1 Å². The minimum Gasteiger partial charge on any atom is -0.477 e. The Morgan fingerprint density at radius 2 is 2.33 bits per heavy atom. The summed E-state index contributed by atoms with van der Waals surface area (Å²) in [5, 5.41) is 11.1. The first-order valence-corrected chi connectivity index (χ1v) is 6.25. The average Bonchev–Trinajstić information content (AvgIpc) is 2.75. The number of hydrogen-bond donors (Lipinski definition) is 1. The smallest absolute Gasteiger partial charge is 0.341 e. The topological polar surface area (TPSA) is 66.3 Å². The van der Waals surface area contributed by atoms with Crippen LogP contribution < -0.4 is 4.90 Å². The summed E-state index contributed by atoms with van der Waals surface area (Å²) < 4.78 is 0. The molecule has 0 fully saturated rings. The molecule has 0 radical (unpaired) electrons. The highest BCUT2D eigenvalue weighted by Gasteiger charge is 2.16. The highest BCUT2D eigenvalue weighted by atomic mass is 32.1. The second-order valence-electron chi connectivity index (χ2n) is 3.95. The van der Waals surface area contributed by atoms with Crippen molar-refractivity contribution in [3.8, 4) is 0 Å².